The number of H-pyrrole nitrogens is 2. The summed E-state index contributed by atoms with van der Waals surface area (Å²) >= 11 is 0. The van der Waals surface area contributed by atoms with E-state index in [1.807, 2.05) is 0 Å². The van der Waals surface area contributed by atoms with Gasteiger partial charge in [0.1, 0.15) is 0 Å². The summed E-state index contributed by atoms with van der Waals surface area (Å²) in [7, 11) is -3.62. The van der Waals surface area contributed by atoms with E-state index in [9.17, 15) is 13.2 Å². The van der Waals surface area contributed by atoms with Crippen LogP contribution >= 0.6 is 0 Å². The number of ether oxygens (including phenoxy) is 1. The van der Waals surface area contributed by atoms with Gasteiger partial charge in [-0.05, 0) is 18.2 Å². The molecule has 1 aromatic carbocycles. The van der Waals surface area contributed by atoms with Crippen molar-refractivity contribution in [3.63, 3.8) is 0 Å². The topological polar surface area (TPSA) is 116 Å². The number of nitrogens with one attached hydrogen (secondary N) is 4. The summed E-state index contributed by atoms with van der Waals surface area (Å²) in [4.78, 5) is 16.4. The summed E-state index contributed by atoms with van der Waals surface area (Å²) in [5.74, 6) is 0. The van der Waals surface area contributed by atoms with Crippen molar-refractivity contribution in [1.29, 1.82) is 0 Å². The Morgan fingerprint density at radius 2 is 2.10 bits per heavy atom. The zero-order chi connectivity index (χ0) is 14.9. The molecule has 0 aliphatic carbocycles. The van der Waals surface area contributed by atoms with Crippen molar-refractivity contribution in [2.24, 2.45) is 0 Å². The molecule has 114 valence electrons. The van der Waals surface area contributed by atoms with Crippen LogP contribution in [0.5, 0.6) is 0 Å². The Hall–Kier alpha value is -1.68. The van der Waals surface area contributed by atoms with Gasteiger partial charge < -0.3 is 20.0 Å². The molecule has 3 rings (SSSR count). The lowest BCUT2D eigenvalue weighted by Gasteiger charge is -2.23. The number of benzene rings is 1. The van der Waals surface area contributed by atoms with Crippen LogP contribution in [0.4, 0.5) is 0 Å². The predicted molar refractivity (Wildman–Crippen MR) is 76.7 cm³/mol. The van der Waals surface area contributed by atoms with Gasteiger partial charge in [-0.15, -0.1) is 0 Å². The lowest BCUT2D eigenvalue weighted by molar-refractivity contribution is 0.0784. The summed E-state index contributed by atoms with van der Waals surface area (Å²) in [6, 6.07) is 4.41. The summed E-state index contributed by atoms with van der Waals surface area (Å²) in [6.45, 7) is 2.08. The van der Waals surface area contributed by atoms with E-state index >= 15 is 0 Å². The Balaban J connectivity index is 1.77. The highest BCUT2D eigenvalue weighted by Gasteiger charge is 2.19. The Bertz CT molecular complexity index is 789. The van der Waals surface area contributed by atoms with Crippen LogP contribution < -0.4 is 15.7 Å². The molecule has 0 radical (unpaired) electrons. The van der Waals surface area contributed by atoms with Crippen molar-refractivity contribution in [3.8, 4) is 0 Å². The Labute approximate surface area is 120 Å². The Morgan fingerprint density at radius 3 is 2.86 bits per heavy atom. The molecule has 2 heterocycles. The third kappa shape index (κ3) is 3.16. The highest BCUT2D eigenvalue weighted by molar-refractivity contribution is 7.89. The first-order valence-electron chi connectivity index (χ1n) is 6.57. The first kappa shape index (κ1) is 14.3. The molecule has 2 aromatic rings. The van der Waals surface area contributed by atoms with Gasteiger partial charge in [0, 0.05) is 19.1 Å². The van der Waals surface area contributed by atoms with Crippen molar-refractivity contribution in [1.82, 2.24) is 20.0 Å². The van der Waals surface area contributed by atoms with E-state index in [1.165, 1.54) is 12.1 Å². The van der Waals surface area contributed by atoms with Crippen molar-refractivity contribution < 1.29 is 13.2 Å². The molecule has 1 aromatic heterocycles. The molecule has 4 N–H and O–H groups in total. The minimum absolute atomic E-state index is 0.0377. The first-order valence-corrected chi connectivity index (χ1v) is 8.06. The van der Waals surface area contributed by atoms with Crippen LogP contribution in [-0.2, 0) is 14.8 Å². The van der Waals surface area contributed by atoms with Crippen molar-refractivity contribution in [2.75, 3.05) is 26.3 Å². The van der Waals surface area contributed by atoms with Gasteiger partial charge in [-0.25, -0.2) is 17.9 Å². The van der Waals surface area contributed by atoms with Crippen LogP contribution in [0, 0.1) is 0 Å². The highest BCUT2D eigenvalue weighted by Crippen LogP contribution is 2.14. The van der Waals surface area contributed by atoms with E-state index in [-0.39, 0.29) is 23.2 Å². The SMILES string of the molecule is O=c1[nH]c2ccc(S(=O)(=O)NCC3COCCN3)cc2[nH]1. The summed E-state index contributed by atoms with van der Waals surface area (Å²) in [5, 5.41) is 3.17. The molecule has 0 bridgehead atoms. The molecule has 1 atom stereocenters. The minimum atomic E-state index is -3.62. The second-order valence-electron chi connectivity index (χ2n) is 4.86. The number of morpholine rings is 1. The van der Waals surface area contributed by atoms with Crippen molar-refractivity contribution >= 4 is 21.1 Å². The second-order valence-corrected chi connectivity index (χ2v) is 6.63. The molecule has 1 unspecified atom stereocenters. The van der Waals surface area contributed by atoms with Crippen molar-refractivity contribution in [2.45, 2.75) is 10.9 Å². The number of aromatic amines is 2. The number of sulfonamides is 1. The second kappa shape index (κ2) is 5.60. The Morgan fingerprint density at radius 1 is 1.29 bits per heavy atom. The predicted octanol–water partition coefficient (Wildman–Crippen LogP) is -0.877. The summed E-state index contributed by atoms with van der Waals surface area (Å²) in [6.07, 6.45) is 0. The minimum Gasteiger partial charge on any atom is -0.378 e. The molecule has 1 fully saturated rings. The van der Waals surface area contributed by atoms with Gasteiger partial charge in [-0.2, -0.15) is 0 Å². The largest absolute Gasteiger partial charge is 0.378 e. The van der Waals surface area contributed by atoms with E-state index in [4.69, 9.17) is 4.74 Å². The third-order valence-corrected chi connectivity index (χ3v) is 4.74. The number of imidazole rings is 1. The fourth-order valence-corrected chi connectivity index (χ4v) is 3.33. The van der Waals surface area contributed by atoms with E-state index in [0.717, 1.165) is 0 Å². The standard InChI is InChI=1S/C12H16N4O4S/c17-12-15-10-2-1-9(5-11(10)16-12)21(18,19)14-6-8-7-20-4-3-13-8/h1-2,5,8,13-14H,3-4,6-7H2,(H2,15,16,17). The number of rotatable bonds is 4. The molecular weight excluding hydrogens is 296 g/mol. The Kier molecular flexibility index (Phi) is 3.81. The maximum Gasteiger partial charge on any atom is 0.323 e. The average molecular weight is 312 g/mol. The van der Waals surface area contributed by atoms with E-state index in [0.29, 0.717) is 30.8 Å². The number of hydrogen-bond acceptors (Lipinski definition) is 5. The lowest BCUT2D eigenvalue weighted by atomic mass is 10.3. The highest BCUT2D eigenvalue weighted by atomic mass is 32.2. The smallest absolute Gasteiger partial charge is 0.323 e. The molecule has 1 aliphatic heterocycles. The molecular formula is C12H16N4O4S. The third-order valence-electron chi connectivity index (χ3n) is 3.32. The maximum atomic E-state index is 12.2. The molecule has 0 amide bonds. The van der Waals surface area contributed by atoms with Crippen LogP contribution in [0.2, 0.25) is 0 Å². The van der Waals surface area contributed by atoms with Gasteiger partial charge in [-0.1, -0.05) is 0 Å². The molecule has 9 heteroatoms. The first-order chi connectivity index (χ1) is 10.0. The van der Waals surface area contributed by atoms with Gasteiger partial charge in [0.15, 0.2) is 0 Å². The number of aromatic nitrogens is 2. The number of fused-ring (bicyclic) bond motifs is 1. The molecule has 1 aliphatic rings. The van der Waals surface area contributed by atoms with Gasteiger partial charge in [0.2, 0.25) is 10.0 Å². The molecule has 21 heavy (non-hydrogen) atoms. The maximum absolute atomic E-state index is 12.2. The fraction of sp³-hybridized carbons (Fsp3) is 0.417. The zero-order valence-corrected chi connectivity index (χ0v) is 12.0. The zero-order valence-electron chi connectivity index (χ0n) is 11.2. The number of hydrogen-bond donors (Lipinski definition) is 4. The van der Waals surface area contributed by atoms with E-state index in [1.54, 1.807) is 6.07 Å². The molecule has 0 saturated carbocycles. The van der Waals surface area contributed by atoms with Gasteiger partial charge in [-0.3, -0.25) is 0 Å². The van der Waals surface area contributed by atoms with Gasteiger partial charge in [0.05, 0.1) is 29.1 Å². The van der Waals surface area contributed by atoms with Crippen LogP contribution in [-0.4, -0.2) is 50.7 Å². The average Bonchev–Trinajstić information content (AvgIpc) is 2.85. The van der Waals surface area contributed by atoms with Gasteiger partial charge >= 0.3 is 5.69 Å². The fourth-order valence-electron chi connectivity index (χ4n) is 2.22. The summed E-state index contributed by atoms with van der Waals surface area (Å²) in [5.41, 5.74) is 0.666. The molecule has 0 spiro atoms. The lowest BCUT2D eigenvalue weighted by Crippen LogP contribution is -2.48. The molecule has 1 saturated heterocycles. The summed E-state index contributed by atoms with van der Waals surface area (Å²) < 4.78 is 32.3. The monoisotopic (exact) mass is 312 g/mol. The van der Waals surface area contributed by atoms with Crippen molar-refractivity contribution in [3.05, 3.63) is 28.7 Å². The van der Waals surface area contributed by atoms with E-state index < -0.39 is 10.0 Å². The normalized spacial score (nSPS) is 19.9. The van der Waals surface area contributed by atoms with Crippen LogP contribution in [0.15, 0.2) is 27.9 Å². The van der Waals surface area contributed by atoms with Crippen LogP contribution in [0.25, 0.3) is 11.0 Å². The van der Waals surface area contributed by atoms with Gasteiger partial charge in [0.25, 0.3) is 0 Å². The van der Waals surface area contributed by atoms with Crippen LogP contribution in [0.1, 0.15) is 0 Å². The van der Waals surface area contributed by atoms with E-state index in [2.05, 4.69) is 20.0 Å². The quantitative estimate of drug-likeness (QED) is 0.585. The van der Waals surface area contributed by atoms with Crippen LogP contribution in [0.3, 0.4) is 0 Å². The molecule has 8 nitrogen and oxygen atoms in total.